The van der Waals surface area contributed by atoms with E-state index in [1.165, 1.54) is 19.3 Å². The van der Waals surface area contributed by atoms with Crippen molar-refractivity contribution in [2.75, 3.05) is 6.61 Å². The summed E-state index contributed by atoms with van der Waals surface area (Å²) in [7, 11) is 0. The summed E-state index contributed by atoms with van der Waals surface area (Å²) < 4.78 is 34.4. The standard InChI is InChI=1S/C24H34F2O/c1-3-5-7-8-10-18-27-22-17-16-21(23(25)24(22)26)20-14-12-19(13-15-20)11-9-6-4-2/h4,6,14,16-17,19H,3,5,7-13,15,18H2,1-2H3. The van der Waals surface area contributed by atoms with Crippen molar-refractivity contribution < 1.29 is 13.5 Å². The maximum Gasteiger partial charge on any atom is 0.201 e. The minimum Gasteiger partial charge on any atom is -0.490 e. The number of rotatable bonds is 11. The first-order valence-electron chi connectivity index (χ1n) is 10.6. The summed E-state index contributed by atoms with van der Waals surface area (Å²) in [6.45, 7) is 4.65. The molecule has 1 aromatic rings. The molecule has 27 heavy (non-hydrogen) atoms. The lowest BCUT2D eigenvalue weighted by atomic mass is 9.84. The molecule has 0 saturated heterocycles. The van der Waals surface area contributed by atoms with Crippen molar-refractivity contribution in [1.29, 1.82) is 0 Å². The Morgan fingerprint density at radius 1 is 1.11 bits per heavy atom. The molecule has 1 unspecified atom stereocenters. The van der Waals surface area contributed by atoms with E-state index in [1.807, 2.05) is 6.92 Å². The molecule has 1 aliphatic carbocycles. The lowest BCUT2D eigenvalue weighted by Gasteiger charge is -2.22. The van der Waals surface area contributed by atoms with Gasteiger partial charge in [-0.2, -0.15) is 4.39 Å². The molecule has 0 bridgehead atoms. The zero-order chi connectivity index (χ0) is 19.5. The van der Waals surface area contributed by atoms with Gasteiger partial charge < -0.3 is 4.74 Å². The van der Waals surface area contributed by atoms with Crippen molar-refractivity contribution >= 4 is 5.57 Å². The van der Waals surface area contributed by atoms with Crippen LogP contribution in [-0.4, -0.2) is 6.61 Å². The number of unbranched alkanes of at least 4 members (excludes halogenated alkanes) is 4. The fraction of sp³-hybridized carbons (Fsp3) is 0.583. The maximum atomic E-state index is 14.6. The molecule has 1 nitrogen and oxygen atoms in total. The Kier molecular flexibility index (Phi) is 9.58. The van der Waals surface area contributed by atoms with E-state index in [9.17, 15) is 8.78 Å². The van der Waals surface area contributed by atoms with Crippen LogP contribution in [0, 0.1) is 17.6 Å². The largest absolute Gasteiger partial charge is 0.490 e. The van der Waals surface area contributed by atoms with Gasteiger partial charge >= 0.3 is 0 Å². The minimum absolute atomic E-state index is 0.0346. The summed E-state index contributed by atoms with van der Waals surface area (Å²) in [5.41, 5.74) is 1.33. The second kappa shape index (κ2) is 11.9. The van der Waals surface area contributed by atoms with Gasteiger partial charge in [0.2, 0.25) is 5.82 Å². The predicted octanol–water partition coefficient (Wildman–Crippen LogP) is 7.85. The van der Waals surface area contributed by atoms with E-state index in [1.54, 1.807) is 12.1 Å². The summed E-state index contributed by atoms with van der Waals surface area (Å²) in [5.74, 6) is -0.935. The summed E-state index contributed by atoms with van der Waals surface area (Å²) in [6.07, 6.45) is 16.9. The molecular weight excluding hydrogens is 342 g/mol. The van der Waals surface area contributed by atoms with Gasteiger partial charge in [-0.25, -0.2) is 4.39 Å². The van der Waals surface area contributed by atoms with Crippen LogP contribution in [0.25, 0.3) is 5.57 Å². The van der Waals surface area contributed by atoms with Gasteiger partial charge in [-0.05, 0) is 69.1 Å². The highest BCUT2D eigenvalue weighted by Crippen LogP contribution is 2.35. The molecule has 0 amide bonds. The van der Waals surface area contributed by atoms with Crippen LogP contribution < -0.4 is 4.74 Å². The molecule has 1 atom stereocenters. The fourth-order valence-electron chi connectivity index (χ4n) is 3.67. The third-order valence-corrected chi connectivity index (χ3v) is 5.40. The van der Waals surface area contributed by atoms with Crippen LogP contribution >= 0.6 is 0 Å². The molecule has 3 heteroatoms. The van der Waals surface area contributed by atoms with Crippen molar-refractivity contribution in [3.63, 3.8) is 0 Å². The highest BCUT2D eigenvalue weighted by atomic mass is 19.2. The van der Waals surface area contributed by atoms with Gasteiger partial charge in [0.15, 0.2) is 11.6 Å². The van der Waals surface area contributed by atoms with Gasteiger partial charge in [0.25, 0.3) is 0 Å². The van der Waals surface area contributed by atoms with Gasteiger partial charge in [0.1, 0.15) is 0 Å². The van der Waals surface area contributed by atoms with E-state index in [0.29, 0.717) is 18.1 Å². The van der Waals surface area contributed by atoms with E-state index in [-0.39, 0.29) is 5.75 Å². The third-order valence-electron chi connectivity index (χ3n) is 5.40. The molecule has 0 aromatic heterocycles. The molecule has 0 N–H and O–H groups in total. The van der Waals surface area contributed by atoms with Crippen molar-refractivity contribution in [1.82, 2.24) is 0 Å². The first kappa shape index (κ1) is 21.7. The molecule has 2 rings (SSSR count). The number of halogens is 2. The third kappa shape index (κ3) is 6.79. The predicted molar refractivity (Wildman–Crippen MR) is 110 cm³/mol. The van der Waals surface area contributed by atoms with Gasteiger partial charge in [-0.1, -0.05) is 50.8 Å². The monoisotopic (exact) mass is 376 g/mol. The zero-order valence-electron chi connectivity index (χ0n) is 16.9. The van der Waals surface area contributed by atoms with Gasteiger partial charge in [-0.15, -0.1) is 0 Å². The second-order valence-electron chi connectivity index (χ2n) is 7.52. The average molecular weight is 377 g/mol. The van der Waals surface area contributed by atoms with Crippen molar-refractivity contribution in [3.05, 3.63) is 47.6 Å². The quantitative estimate of drug-likeness (QED) is 0.282. The van der Waals surface area contributed by atoms with Crippen molar-refractivity contribution in [3.8, 4) is 5.75 Å². The number of allylic oxidation sites excluding steroid dienone is 4. The minimum atomic E-state index is -0.850. The normalized spacial score (nSPS) is 17.3. The number of benzene rings is 1. The van der Waals surface area contributed by atoms with Crippen LogP contribution in [-0.2, 0) is 0 Å². The van der Waals surface area contributed by atoms with Gasteiger partial charge in [-0.3, -0.25) is 0 Å². The van der Waals surface area contributed by atoms with Crippen LogP contribution in [0.15, 0.2) is 30.4 Å². The fourth-order valence-corrected chi connectivity index (χ4v) is 3.67. The van der Waals surface area contributed by atoms with Gasteiger partial charge in [0.05, 0.1) is 6.61 Å². The SMILES string of the molecule is CC=CCCC1CC=C(c2ccc(OCCCCCCC)c(F)c2F)CC1. The maximum absolute atomic E-state index is 14.6. The lowest BCUT2D eigenvalue weighted by Crippen LogP contribution is -2.07. The Hall–Kier alpha value is -1.64. The Balaban J connectivity index is 1.90. The average Bonchev–Trinajstić information content (AvgIpc) is 2.69. The Morgan fingerprint density at radius 2 is 1.93 bits per heavy atom. The first-order chi connectivity index (χ1) is 13.2. The van der Waals surface area contributed by atoms with E-state index in [0.717, 1.165) is 50.5 Å². The zero-order valence-corrected chi connectivity index (χ0v) is 16.9. The molecule has 1 aromatic carbocycles. The van der Waals surface area contributed by atoms with Crippen LogP contribution in [0.4, 0.5) is 8.78 Å². The molecule has 0 aliphatic heterocycles. The summed E-state index contributed by atoms with van der Waals surface area (Å²) in [5, 5.41) is 0. The number of hydrogen-bond acceptors (Lipinski definition) is 1. The van der Waals surface area contributed by atoms with Crippen LogP contribution in [0.2, 0.25) is 0 Å². The van der Waals surface area contributed by atoms with Crippen molar-refractivity contribution in [2.24, 2.45) is 5.92 Å². The smallest absolute Gasteiger partial charge is 0.201 e. The highest BCUT2D eigenvalue weighted by Gasteiger charge is 2.20. The van der Waals surface area contributed by atoms with E-state index >= 15 is 0 Å². The number of hydrogen-bond donors (Lipinski definition) is 0. The molecule has 0 radical (unpaired) electrons. The van der Waals surface area contributed by atoms with Crippen LogP contribution in [0.5, 0.6) is 5.75 Å². The molecular formula is C24H34F2O. The lowest BCUT2D eigenvalue weighted by molar-refractivity contribution is 0.284. The second-order valence-corrected chi connectivity index (χ2v) is 7.52. The molecule has 0 spiro atoms. The molecule has 0 heterocycles. The molecule has 150 valence electrons. The van der Waals surface area contributed by atoms with Crippen molar-refractivity contribution in [2.45, 2.75) is 78.1 Å². The Bertz CT molecular complexity index is 634. The summed E-state index contributed by atoms with van der Waals surface area (Å²) >= 11 is 0. The van der Waals surface area contributed by atoms with E-state index < -0.39 is 11.6 Å². The summed E-state index contributed by atoms with van der Waals surface area (Å²) in [4.78, 5) is 0. The molecule has 0 saturated carbocycles. The Morgan fingerprint density at radius 3 is 2.63 bits per heavy atom. The molecule has 1 aliphatic rings. The summed E-state index contributed by atoms with van der Waals surface area (Å²) in [6, 6.07) is 3.26. The van der Waals surface area contributed by atoms with E-state index in [4.69, 9.17) is 4.74 Å². The highest BCUT2D eigenvalue weighted by molar-refractivity contribution is 5.67. The topological polar surface area (TPSA) is 9.23 Å². The number of ether oxygens (including phenoxy) is 1. The van der Waals surface area contributed by atoms with Crippen LogP contribution in [0.1, 0.15) is 83.6 Å². The molecule has 0 fully saturated rings. The van der Waals surface area contributed by atoms with E-state index in [2.05, 4.69) is 25.2 Å². The first-order valence-corrected chi connectivity index (χ1v) is 10.6. The van der Waals surface area contributed by atoms with Crippen LogP contribution in [0.3, 0.4) is 0 Å². The Labute approximate surface area is 163 Å². The van der Waals surface area contributed by atoms with Gasteiger partial charge in [0, 0.05) is 5.56 Å².